The lowest BCUT2D eigenvalue weighted by Crippen LogP contribution is -2.33. The van der Waals surface area contributed by atoms with Gasteiger partial charge in [0, 0.05) is 18.6 Å². The van der Waals surface area contributed by atoms with Gasteiger partial charge in [-0.15, -0.1) is 0 Å². The minimum absolute atomic E-state index is 0.656. The highest BCUT2D eigenvalue weighted by molar-refractivity contribution is 5.86. The Kier molecular flexibility index (Phi) is 3.03. The number of methoxy groups -OCH3 is 1. The fraction of sp³-hybridized carbons (Fsp3) is 0.118. The van der Waals surface area contributed by atoms with Gasteiger partial charge in [-0.1, -0.05) is 18.2 Å². The third kappa shape index (κ3) is 1.97. The van der Waals surface area contributed by atoms with Crippen molar-refractivity contribution in [2.45, 2.75) is 6.92 Å². The molecule has 0 N–H and O–H groups in total. The van der Waals surface area contributed by atoms with Crippen LogP contribution in [-0.4, -0.2) is 7.11 Å². The summed E-state index contributed by atoms with van der Waals surface area (Å²) in [5.41, 5.74) is 2.26. The molecule has 0 unspecified atom stereocenters. The van der Waals surface area contributed by atoms with Gasteiger partial charge in [0.25, 0.3) is 0 Å². The standard InChI is InChI=1S/C17H15NO2/c1-12-16-6-4-3-5-14(16)11-17(18(12)19)13-7-9-15(20-2)10-8-13/h3-11H,1-2H3. The van der Waals surface area contributed by atoms with Crippen molar-refractivity contribution in [3.63, 3.8) is 0 Å². The summed E-state index contributed by atoms with van der Waals surface area (Å²) in [4.78, 5) is 0. The highest BCUT2D eigenvalue weighted by atomic mass is 16.5. The second kappa shape index (κ2) is 4.85. The number of benzene rings is 2. The van der Waals surface area contributed by atoms with E-state index >= 15 is 0 Å². The van der Waals surface area contributed by atoms with Gasteiger partial charge in [-0.3, -0.25) is 0 Å². The third-order valence-electron chi connectivity index (χ3n) is 3.55. The van der Waals surface area contributed by atoms with E-state index in [1.165, 1.54) is 0 Å². The molecule has 3 rings (SSSR count). The molecule has 0 amide bonds. The molecular formula is C17H15NO2. The Balaban J connectivity index is 2.22. The summed E-state index contributed by atoms with van der Waals surface area (Å²) >= 11 is 0. The van der Waals surface area contributed by atoms with Crippen LogP contribution in [0.5, 0.6) is 5.75 Å². The van der Waals surface area contributed by atoms with Gasteiger partial charge in [-0.2, -0.15) is 4.73 Å². The molecule has 0 atom stereocenters. The summed E-state index contributed by atoms with van der Waals surface area (Å²) in [7, 11) is 1.63. The molecule has 3 heteroatoms. The second-order valence-corrected chi connectivity index (χ2v) is 4.73. The van der Waals surface area contributed by atoms with Crippen molar-refractivity contribution >= 4 is 10.8 Å². The number of nitrogens with zero attached hydrogens (tertiary/aromatic N) is 1. The fourth-order valence-corrected chi connectivity index (χ4v) is 2.41. The van der Waals surface area contributed by atoms with E-state index < -0.39 is 0 Å². The first-order valence-corrected chi connectivity index (χ1v) is 6.47. The van der Waals surface area contributed by atoms with Crippen LogP contribution >= 0.6 is 0 Å². The zero-order valence-electron chi connectivity index (χ0n) is 11.5. The smallest absolute Gasteiger partial charge is 0.224 e. The second-order valence-electron chi connectivity index (χ2n) is 4.73. The van der Waals surface area contributed by atoms with Crippen LogP contribution in [-0.2, 0) is 0 Å². The van der Waals surface area contributed by atoms with Gasteiger partial charge >= 0.3 is 0 Å². The van der Waals surface area contributed by atoms with Crippen molar-refractivity contribution in [3.8, 4) is 17.0 Å². The maximum atomic E-state index is 12.4. The Morgan fingerprint density at radius 3 is 2.40 bits per heavy atom. The zero-order valence-corrected chi connectivity index (χ0v) is 11.5. The predicted molar refractivity (Wildman–Crippen MR) is 79.6 cm³/mol. The molecule has 3 nitrogen and oxygen atoms in total. The van der Waals surface area contributed by atoms with Crippen LogP contribution < -0.4 is 9.47 Å². The van der Waals surface area contributed by atoms with Crippen molar-refractivity contribution in [2.75, 3.05) is 7.11 Å². The number of hydrogen-bond donors (Lipinski definition) is 0. The molecule has 0 bridgehead atoms. The number of rotatable bonds is 2. The molecular weight excluding hydrogens is 250 g/mol. The minimum Gasteiger partial charge on any atom is -0.618 e. The van der Waals surface area contributed by atoms with Gasteiger partial charge < -0.3 is 9.94 Å². The molecule has 1 aromatic heterocycles. The van der Waals surface area contributed by atoms with E-state index in [1.807, 2.05) is 61.5 Å². The largest absolute Gasteiger partial charge is 0.618 e. The maximum absolute atomic E-state index is 12.4. The molecule has 2 aromatic carbocycles. The number of aryl methyl sites for hydroxylation is 1. The first-order chi connectivity index (χ1) is 9.70. The van der Waals surface area contributed by atoms with Crippen molar-refractivity contribution in [1.82, 2.24) is 0 Å². The summed E-state index contributed by atoms with van der Waals surface area (Å²) < 4.78 is 6.13. The molecule has 100 valence electrons. The highest BCUT2D eigenvalue weighted by Gasteiger charge is 2.14. The highest BCUT2D eigenvalue weighted by Crippen LogP contribution is 2.24. The number of aromatic nitrogens is 1. The van der Waals surface area contributed by atoms with Crippen LogP contribution in [0.25, 0.3) is 22.0 Å². The summed E-state index contributed by atoms with van der Waals surface area (Å²) in [6, 6.07) is 17.4. The van der Waals surface area contributed by atoms with Gasteiger partial charge in [-0.05, 0) is 35.7 Å². The predicted octanol–water partition coefficient (Wildman–Crippen LogP) is 3.46. The Bertz CT molecular complexity index is 764. The van der Waals surface area contributed by atoms with Crippen LogP contribution in [0.3, 0.4) is 0 Å². The Hall–Kier alpha value is -2.55. The number of pyridine rings is 1. The van der Waals surface area contributed by atoms with Crippen LogP contribution in [0.15, 0.2) is 54.6 Å². The van der Waals surface area contributed by atoms with E-state index in [2.05, 4.69) is 0 Å². The molecule has 0 aliphatic heterocycles. The van der Waals surface area contributed by atoms with Gasteiger partial charge in [-0.25, -0.2) is 0 Å². The van der Waals surface area contributed by atoms with E-state index in [4.69, 9.17) is 4.74 Å². The van der Waals surface area contributed by atoms with E-state index in [0.717, 1.165) is 26.8 Å². The summed E-state index contributed by atoms with van der Waals surface area (Å²) in [5.74, 6) is 0.781. The quantitative estimate of drug-likeness (QED) is 0.525. The number of fused-ring (bicyclic) bond motifs is 1. The fourth-order valence-electron chi connectivity index (χ4n) is 2.41. The maximum Gasteiger partial charge on any atom is 0.224 e. The van der Waals surface area contributed by atoms with Crippen molar-refractivity contribution in [1.29, 1.82) is 0 Å². The van der Waals surface area contributed by atoms with E-state index in [-0.39, 0.29) is 0 Å². The molecule has 3 aromatic rings. The summed E-state index contributed by atoms with van der Waals surface area (Å²) in [6.07, 6.45) is 0. The monoisotopic (exact) mass is 265 g/mol. The number of hydrogen-bond acceptors (Lipinski definition) is 2. The van der Waals surface area contributed by atoms with Gasteiger partial charge in [0.15, 0.2) is 5.69 Å². The van der Waals surface area contributed by atoms with Crippen molar-refractivity contribution in [2.24, 2.45) is 0 Å². The first kappa shape index (κ1) is 12.5. The normalized spacial score (nSPS) is 10.7. The van der Waals surface area contributed by atoms with Crippen LogP contribution in [0.4, 0.5) is 0 Å². The Morgan fingerprint density at radius 2 is 1.70 bits per heavy atom. The molecule has 0 aliphatic carbocycles. The molecule has 0 spiro atoms. The van der Waals surface area contributed by atoms with Crippen LogP contribution in [0.1, 0.15) is 5.69 Å². The molecule has 0 fully saturated rings. The minimum atomic E-state index is 0.656. The van der Waals surface area contributed by atoms with Crippen LogP contribution in [0, 0.1) is 12.1 Å². The van der Waals surface area contributed by atoms with Gasteiger partial charge in [0.1, 0.15) is 5.75 Å². The molecule has 0 saturated heterocycles. The lowest BCUT2D eigenvalue weighted by molar-refractivity contribution is -0.599. The lowest BCUT2D eigenvalue weighted by Gasteiger charge is -2.10. The molecule has 0 saturated carbocycles. The van der Waals surface area contributed by atoms with E-state index in [9.17, 15) is 5.21 Å². The average Bonchev–Trinajstić information content (AvgIpc) is 2.51. The topological polar surface area (TPSA) is 36.2 Å². The summed E-state index contributed by atoms with van der Waals surface area (Å²) in [5, 5.41) is 14.5. The zero-order chi connectivity index (χ0) is 14.1. The van der Waals surface area contributed by atoms with E-state index in [0.29, 0.717) is 11.4 Å². The lowest BCUT2D eigenvalue weighted by atomic mass is 10.0. The van der Waals surface area contributed by atoms with Crippen molar-refractivity contribution in [3.05, 3.63) is 65.5 Å². The Morgan fingerprint density at radius 1 is 1.00 bits per heavy atom. The Labute approximate surface area is 117 Å². The first-order valence-electron chi connectivity index (χ1n) is 6.47. The molecule has 0 aliphatic rings. The SMILES string of the molecule is COc1ccc(-c2cc3ccccc3c(C)[n+]2[O-])cc1. The molecule has 20 heavy (non-hydrogen) atoms. The molecule has 1 heterocycles. The van der Waals surface area contributed by atoms with Gasteiger partial charge in [0.2, 0.25) is 5.69 Å². The van der Waals surface area contributed by atoms with E-state index in [1.54, 1.807) is 7.11 Å². The number of ether oxygens (including phenoxy) is 1. The average molecular weight is 265 g/mol. The van der Waals surface area contributed by atoms with Gasteiger partial charge in [0.05, 0.1) is 12.5 Å². The summed E-state index contributed by atoms with van der Waals surface area (Å²) in [6.45, 7) is 1.85. The van der Waals surface area contributed by atoms with Crippen molar-refractivity contribution < 1.29 is 9.47 Å². The third-order valence-corrected chi connectivity index (χ3v) is 3.55. The van der Waals surface area contributed by atoms with Crippen LogP contribution in [0.2, 0.25) is 0 Å². The molecule has 0 radical (unpaired) electrons.